The molecule has 2 aliphatic carbocycles. The zero-order valence-electron chi connectivity index (χ0n) is 25.0. The fraction of sp³-hybridized carbons (Fsp3) is 0.800. The number of fused-ring (bicyclic) bond motifs is 1. The molecule has 38 heavy (non-hydrogen) atoms. The molecule has 0 radical (unpaired) electrons. The molecule has 8 heteroatoms. The molecule has 0 amide bonds. The lowest BCUT2D eigenvalue weighted by Gasteiger charge is -2.26. The molecule has 0 aliphatic heterocycles. The average Bonchev–Trinajstić information content (AvgIpc) is 3.38. The smallest absolute Gasteiger partial charge is 0.246 e. The van der Waals surface area contributed by atoms with Crippen LogP contribution in [0, 0.1) is 0 Å². The van der Waals surface area contributed by atoms with E-state index in [1.807, 2.05) is 22.7 Å². The molecule has 2 fully saturated rings. The second-order valence-corrected chi connectivity index (χ2v) is 27.6. The van der Waals surface area contributed by atoms with Crippen LogP contribution < -0.4 is 0 Å². The van der Waals surface area contributed by atoms with Crippen molar-refractivity contribution in [3.8, 4) is 0 Å². The molecule has 208 valence electrons. The Morgan fingerprint density at radius 2 is 0.684 bits per heavy atom. The predicted molar refractivity (Wildman–Crippen MR) is 179 cm³/mol. The van der Waals surface area contributed by atoms with Crippen molar-refractivity contribution in [3.05, 3.63) is 20.9 Å². The van der Waals surface area contributed by atoms with E-state index in [1.54, 1.807) is 0 Å². The van der Waals surface area contributed by atoms with Gasteiger partial charge in [0.1, 0.15) is 0 Å². The fourth-order valence-electron chi connectivity index (χ4n) is 7.20. The van der Waals surface area contributed by atoms with Crippen LogP contribution in [0.15, 0.2) is 0 Å². The van der Waals surface area contributed by atoms with Gasteiger partial charge >= 0.3 is 0 Å². The number of aliphatic hydroxyl groups is 2. The van der Waals surface area contributed by atoms with Crippen LogP contribution in [-0.4, -0.2) is 75.4 Å². The van der Waals surface area contributed by atoms with Gasteiger partial charge in [-0.2, -0.15) is 0 Å². The second-order valence-electron chi connectivity index (χ2n) is 13.7. The van der Waals surface area contributed by atoms with Crippen molar-refractivity contribution in [1.29, 1.82) is 0 Å². The van der Waals surface area contributed by atoms with Crippen LogP contribution in [0.2, 0.25) is 0 Å². The highest BCUT2D eigenvalue weighted by Crippen LogP contribution is 2.52. The topological polar surface area (TPSA) is 40.5 Å². The SMILES string of the molecule is O[C]([AlH2])([AlH2])c1c(C2CCCCCCCCCCC2)sc2c([C](O)([AlH2])[AlH2])c(C3CCCCCCCCC3)sc12. The summed E-state index contributed by atoms with van der Waals surface area (Å²) in [6.07, 6.45) is 27.2. The van der Waals surface area contributed by atoms with Crippen LogP contribution in [0.1, 0.15) is 161 Å². The Morgan fingerprint density at radius 3 is 0.921 bits per heavy atom. The Balaban J connectivity index is 1.76. The van der Waals surface area contributed by atoms with Crippen LogP contribution in [0.5, 0.6) is 0 Å². The maximum Gasteiger partial charge on any atom is 0.246 e. The highest BCUT2D eigenvalue weighted by molar-refractivity contribution is 7.28. The van der Waals surface area contributed by atoms with E-state index in [2.05, 4.69) is 0 Å². The molecule has 2 aliphatic rings. The lowest BCUT2D eigenvalue weighted by molar-refractivity contribution is 0.216. The van der Waals surface area contributed by atoms with Gasteiger partial charge < -0.3 is 10.2 Å². The van der Waals surface area contributed by atoms with Crippen LogP contribution in [0.3, 0.4) is 0 Å². The van der Waals surface area contributed by atoms with E-state index in [1.165, 1.54) is 159 Å². The number of thiophene rings is 2. The number of hydrogen-bond donors (Lipinski definition) is 2. The lowest BCUT2D eigenvalue weighted by atomic mass is 9.89. The van der Waals surface area contributed by atoms with E-state index in [-0.39, 0.29) is 0 Å². The third-order valence-electron chi connectivity index (χ3n) is 9.25. The molecule has 2 aromatic rings. The van der Waals surface area contributed by atoms with E-state index in [0.29, 0.717) is 11.8 Å². The summed E-state index contributed by atoms with van der Waals surface area (Å²) in [6.45, 7) is 0. The lowest BCUT2D eigenvalue weighted by Crippen LogP contribution is -2.27. The van der Waals surface area contributed by atoms with Crippen molar-refractivity contribution in [2.45, 2.75) is 147 Å². The third kappa shape index (κ3) is 8.87. The zero-order valence-corrected chi connectivity index (χ0v) is 34.6. The third-order valence-corrected chi connectivity index (χ3v) is 14.1. The summed E-state index contributed by atoms with van der Waals surface area (Å²) in [5, 5.41) is 23.5. The molecule has 0 unspecified atom stereocenters. The molecular weight excluding hydrogens is 564 g/mol. The monoisotopic (exact) mass is 616 g/mol. The minimum atomic E-state index is -0.568. The first-order chi connectivity index (χ1) is 18.2. The first-order valence-corrected chi connectivity index (χ1v) is 21.9. The minimum Gasteiger partial charge on any atom is -0.416 e. The van der Waals surface area contributed by atoms with Gasteiger partial charge in [-0.15, -0.1) is 22.7 Å². The van der Waals surface area contributed by atoms with Gasteiger partial charge in [-0.3, -0.25) is 0 Å². The average molecular weight is 617 g/mol. The van der Waals surface area contributed by atoms with Gasteiger partial charge in [0.05, 0.1) is 0 Å². The summed E-state index contributed by atoms with van der Waals surface area (Å²) < 4.78 is 1.66. The van der Waals surface area contributed by atoms with Gasteiger partial charge in [-0.1, -0.05) is 103 Å². The Hall–Kier alpha value is 1.71. The Morgan fingerprint density at radius 1 is 0.447 bits per heavy atom. The Labute approximate surface area is 272 Å². The summed E-state index contributed by atoms with van der Waals surface area (Å²) in [5.41, 5.74) is 2.69. The maximum absolute atomic E-state index is 11.8. The molecule has 0 atom stereocenters. The maximum atomic E-state index is 11.8. The van der Waals surface area contributed by atoms with Crippen molar-refractivity contribution in [2.75, 3.05) is 0 Å². The van der Waals surface area contributed by atoms with Crippen molar-refractivity contribution in [1.82, 2.24) is 0 Å². The Bertz CT molecular complexity index is 983. The largest absolute Gasteiger partial charge is 0.416 e. The molecule has 2 heterocycles. The zero-order chi connectivity index (χ0) is 27.2. The first-order valence-electron chi connectivity index (χ1n) is 16.2. The summed E-state index contributed by atoms with van der Waals surface area (Å²) in [5.74, 6) is 1.21. The van der Waals surface area contributed by atoms with Crippen LogP contribution in [0.25, 0.3) is 9.40 Å². The molecule has 0 aromatic carbocycles. The van der Waals surface area contributed by atoms with Crippen molar-refractivity contribution in [3.63, 3.8) is 0 Å². The van der Waals surface area contributed by atoms with E-state index >= 15 is 0 Å². The summed E-state index contributed by atoms with van der Waals surface area (Å²) in [4.78, 5) is 3.06. The van der Waals surface area contributed by atoms with Crippen molar-refractivity contribution in [2.24, 2.45) is 0 Å². The fourth-order valence-corrected chi connectivity index (χ4v) is 14.6. The van der Waals surface area contributed by atoms with Crippen LogP contribution >= 0.6 is 22.7 Å². The quantitative estimate of drug-likeness (QED) is 0.433. The molecule has 4 rings (SSSR count). The minimum absolute atomic E-state index is 0.566. The normalized spacial score (nSPS) is 21.6. The predicted octanol–water partition coefficient (Wildman–Crippen LogP) is 5.70. The van der Waals surface area contributed by atoms with Gasteiger partial charge in [-0.25, -0.2) is 0 Å². The van der Waals surface area contributed by atoms with Crippen LogP contribution in [0.4, 0.5) is 0 Å². The Kier molecular flexibility index (Phi) is 13.3. The molecule has 0 saturated heterocycles. The van der Waals surface area contributed by atoms with Crippen LogP contribution in [-0.2, 0) is 6.65 Å². The molecular formula is C30H52Al4O2S2. The highest BCUT2D eigenvalue weighted by atomic mass is 32.1. The van der Waals surface area contributed by atoms with E-state index in [0.717, 1.165) is 65.2 Å². The molecule has 0 spiro atoms. The molecule has 0 bridgehead atoms. The van der Waals surface area contributed by atoms with E-state index in [4.69, 9.17) is 0 Å². The van der Waals surface area contributed by atoms with E-state index in [9.17, 15) is 10.2 Å². The summed E-state index contributed by atoms with van der Waals surface area (Å²) in [7, 11) is 0. The van der Waals surface area contributed by atoms with Gasteiger partial charge in [0, 0.05) is 19.2 Å². The molecule has 2 saturated carbocycles. The van der Waals surface area contributed by atoms with E-state index < -0.39 is 6.65 Å². The van der Waals surface area contributed by atoms with Crippen molar-refractivity contribution >= 4 is 97.2 Å². The highest BCUT2D eigenvalue weighted by Gasteiger charge is 2.36. The summed E-state index contributed by atoms with van der Waals surface area (Å²) >= 11 is 7.28. The molecule has 2 aromatic heterocycles. The van der Waals surface area contributed by atoms with Gasteiger partial charge in [0.2, 0.25) is 65.2 Å². The first kappa shape index (κ1) is 32.6. The molecule has 2 N–H and O–H groups in total. The van der Waals surface area contributed by atoms with Gasteiger partial charge in [-0.05, 0) is 55.3 Å². The van der Waals surface area contributed by atoms with Crippen molar-refractivity contribution < 1.29 is 10.2 Å². The van der Waals surface area contributed by atoms with Gasteiger partial charge in [0.25, 0.3) is 0 Å². The van der Waals surface area contributed by atoms with Gasteiger partial charge in [0.15, 0.2) is 0 Å². The standard InChI is InChI=1S/C30H44O2S2.4Al.8H/c31-21-25-27(23-17-13-9-5-2-1-3-6-10-14-18-23)33-30-26(22-32)28(34-29(25)30)24-19-15-11-7-4-8-12-16-20-24;;;;;;;;;;;;/h23-24,31-32H,1-20H2;;;;;;;;;;;;. The number of hydrogen-bond acceptors (Lipinski definition) is 4. The second kappa shape index (κ2) is 15.4. The molecule has 2 nitrogen and oxygen atoms in total. The number of rotatable bonds is 4. The summed E-state index contributed by atoms with van der Waals surface area (Å²) in [6, 6.07) is 0.